The van der Waals surface area contributed by atoms with E-state index in [1.807, 2.05) is 74.5 Å². The zero-order valence-electron chi connectivity index (χ0n) is 25.4. The summed E-state index contributed by atoms with van der Waals surface area (Å²) in [7, 11) is 1.58. The van der Waals surface area contributed by atoms with Gasteiger partial charge in [-0.05, 0) is 97.8 Å². The monoisotopic (exact) mass is 758 g/mol. The number of hydrogen-bond donors (Lipinski definition) is 0. The lowest BCUT2D eigenvalue weighted by Gasteiger charge is -2.26. The maximum atomic E-state index is 14.2. The Bertz CT molecular complexity index is 1950. The maximum absolute atomic E-state index is 14.2. The number of carbonyl (C=O) groups is 1. The van der Waals surface area contributed by atoms with Crippen molar-refractivity contribution in [1.82, 2.24) is 4.57 Å². The summed E-state index contributed by atoms with van der Waals surface area (Å²) in [6.07, 6.45) is 1.68. The molecular formula is C34H32ClIN2O6S. The summed E-state index contributed by atoms with van der Waals surface area (Å²) in [6.45, 7) is 7.90. The van der Waals surface area contributed by atoms with Crippen LogP contribution in [0, 0.1) is 3.57 Å². The molecule has 1 aromatic heterocycles. The zero-order chi connectivity index (χ0) is 32.2. The van der Waals surface area contributed by atoms with Gasteiger partial charge in [0.25, 0.3) is 5.56 Å². The Morgan fingerprint density at radius 2 is 1.87 bits per heavy atom. The number of esters is 1. The van der Waals surface area contributed by atoms with Gasteiger partial charge in [0.2, 0.25) is 0 Å². The molecule has 0 spiro atoms. The summed E-state index contributed by atoms with van der Waals surface area (Å²) >= 11 is 9.46. The van der Waals surface area contributed by atoms with Gasteiger partial charge in [0.05, 0.1) is 39.2 Å². The smallest absolute Gasteiger partial charge is 0.338 e. The second-order valence-corrected chi connectivity index (χ2v) is 13.1. The van der Waals surface area contributed by atoms with Crippen LogP contribution in [-0.4, -0.2) is 30.4 Å². The van der Waals surface area contributed by atoms with E-state index >= 15 is 0 Å². The maximum Gasteiger partial charge on any atom is 0.338 e. The van der Waals surface area contributed by atoms with Crippen molar-refractivity contribution < 1.29 is 23.7 Å². The van der Waals surface area contributed by atoms with Gasteiger partial charge >= 0.3 is 5.97 Å². The van der Waals surface area contributed by atoms with Crippen LogP contribution in [0.2, 0.25) is 5.02 Å². The van der Waals surface area contributed by atoms with Crippen LogP contribution in [0.4, 0.5) is 0 Å². The molecule has 8 nitrogen and oxygen atoms in total. The summed E-state index contributed by atoms with van der Waals surface area (Å²) in [4.78, 5) is 32.6. The molecule has 1 aliphatic rings. The van der Waals surface area contributed by atoms with Crippen LogP contribution in [0.15, 0.2) is 81.7 Å². The number of rotatable bonds is 10. The third-order valence-electron chi connectivity index (χ3n) is 6.94. The van der Waals surface area contributed by atoms with Crippen LogP contribution in [-0.2, 0) is 16.1 Å². The van der Waals surface area contributed by atoms with Crippen LogP contribution in [0.1, 0.15) is 50.4 Å². The van der Waals surface area contributed by atoms with Gasteiger partial charge in [-0.1, -0.05) is 53.3 Å². The molecule has 0 fully saturated rings. The fraction of sp³-hybridized carbons (Fsp3) is 0.265. The van der Waals surface area contributed by atoms with Crippen molar-refractivity contribution in [3.8, 4) is 17.2 Å². The van der Waals surface area contributed by atoms with E-state index in [0.717, 1.165) is 14.7 Å². The highest BCUT2D eigenvalue weighted by Crippen LogP contribution is 2.37. The molecule has 0 N–H and O–H groups in total. The minimum absolute atomic E-state index is 0.117. The summed E-state index contributed by atoms with van der Waals surface area (Å²) in [5.74, 6) is 1.19. The summed E-state index contributed by atoms with van der Waals surface area (Å²) in [5, 5.41) is 0.659. The normalized spacial score (nSPS) is 14.7. The standard InChI is InChI=1S/C34H32ClIN2O6S/c1-6-42-33(40)29-20(4)37-34-38(30(29)24-9-7-8-10-26(24)44-19(2)3)32(39)28(45-34)17-22-15-25(36)31(27(16-22)41-5)43-18-21-11-13-23(35)14-12-21/h7-17,19,30H,6,18H2,1-5H3/b28-17-/t30-/m1/s1. The second kappa shape index (κ2) is 14.2. The van der Waals surface area contributed by atoms with Crippen molar-refractivity contribution in [1.29, 1.82) is 0 Å². The Balaban J connectivity index is 1.60. The Kier molecular flexibility index (Phi) is 10.4. The first-order chi connectivity index (χ1) is 21.6. The summed E-state index contributed by atoms with van der Waals surface area (Å²) in [6, 6.07) is 17.9. The molecule has 11 heteroatoms. The molecule has 0 saturated carbocycles. The Hall–Kier alpha value is -3.61. The number of nitrogens with zero attached hydrogens (tertiary/aromatic N) is 2. The lowest BCUT2D eigenvalue weighted by atomic mass is 9.95. The quantitative estimate of drug-likeness (QED) is 0.137. The first-order valence-electron chi connectivity index (χ1n) is 14.3. The number of aromatic nitrogens is 1. The number of benzene rings is 3. The highest BCUT2D eigenvalue weighted by atomic mass is 127. The number of hydrogen-bond acceptors (Lipinski definition) is 8. The molecule has 0 aliphatic carbocycles. The number of ether oxygens (including phenoxy) is 4. The third-order valence-corrected chi connectivity index (χ3v) is 8.98. The van der Waals surface area contributed by atoms with Gasteiger partial charge in [0, 0.05) is 10.6 Å². The van der Waals surface area contributed by atoms with E-state index in [2.05, 4.69) is 27.6 Å². The van der Waals surface area contributed by atoms with Crippen LogP contribution in [0.3, 0.4) is 0 Å². The van der Waals surface area contributed by atoms with Crippen molar-refractivity contribution in [2.24, 2.45) is 4.99 Å². The van der Waals surface area contributed by atoms with E-state index in [9.17, 15) is 9.59 Å². The average molecular weight is 759 g/mol. The molecule has 3 aromatic carbocycles. The minimum atomic E-state index is -0.782. The van der Waals surface area contributed by atoms with Crippen LogP contribution < -0.4 is 29.1 Å². The number of fused-ring (bicyclic) bond motifs is 1. The lowest BCUT2D eigenvalue weighted by molar-refractivity contribution is -0.139. The highest BCUT2D eigenvalue weighted by Gasteiger charge is 2.35. The first-order valence-corrected chi connectivity index (χ1v) is 16.6. The minimum Gasteiger partial charge on any atom is -0.493 e. The predicted octanol–water partition coefficient (Wildman–Crippen LogP) is 6.43. The Morgan fingerprint density at radius 3 is 2.56 bits per heavy atom. The molecule has 4 aromatic rings. The molecule has 234 valence electrons. The zero-order valence-corrected chi connectivity index (χ0v) is 29.2. The summed E-state index contributed by atoms with van der Waals surface area (Å²) in [5.41, 5.74) is 2.90. The fourth-order valence-electron chi connectivity index (χ4n) is 5.00. The topological polar surface area (TPSA) is 88.4 Å². The number of methoxy groups -OCH3 is 1. The number of thiazole rings is 1. The number of halogens is 2. The van der Waals surface area contributed by atoms with Gasteiger partial charge in [-0.15, -0.1) is 0 Å². The fourth-order valence-corrected chi connectivity index (χ4v) is 6.96. The van der Waals surface area contributed by atoms with Crippen molar-refractivity contribution >= 4 is 57.6 Å². The molecule has 45 heavy (non-hydrogen) atoms. The molecule has 0 radical (unpaired) electrons. The predicted molar refractivity (Wildman–Crippen MR) is 184 cm³/mol. The van der Waals surface area contributed by atoms with Gasteiger partial charge in [0.1, 0.15) is 18.4 Å². The van der Waals surface area contributed by atoms with Gasteiger partial charge in [-0.3, -0.25) is 9.36 Å². The number of para-hydroxylation sites is 1. The van der Waals surface area contributed by atoms with Gasteiger partial charge < -0.3 is 18.9 Å². The molecule has 0 bridgehead atoms. The molecule has 0 unspecified atom stereocenters. The summed E-state index contributed by atoms with van der Waals surface area (Å²) < 4.78 is 26.2. The Labute approximate surface area is 283 Å². The van der Waals surface area contributed by atoms with Gasteiger partial charge in [-0.2, -0.15) is 0 Å². The van der Waals surface area contributed by atoms with Crippen molar-refractivity contribution in [3.63, 3.8) is 0 Å². The van der Waals surface area contributed by atoms with Crippen LogP contribution in [0.25, 0.3) is 6.08 Å². The first kappa shape index (κ1) is 32.8. The Morgan fingerprint density at radius 1 is 1.13 bits per heavy atom. The molecule has 1 atom stereocenters. The number of carbonyl (C=O) groups excluding carboxylic acids is 1. The van der Waals surface area contributed by atoms with E-state index in [-0.39, 0.29) is 18.3 Å². The van der Waals surface area contributed by atoms with E-state index < -0.39 is 12.0 Å². The largest absolute Gasteiger partial charge is 0.493 e. The van der Waals surface area contributed by atoms with Gasteiger partial charge in [-0.25, -0.2) is 9.79 Å². The van der Waals surface area contributed by atoms with E-state index in [1.54, 1.807) is 31.6 Å². The van der Waals surface area contributed by atoms with E-state index in [0.29, 0.717) is 55.0 Å². The molecule has 0 saturated heterocycles. The highest BCUT2D eigenvalue weighted by molar-refractivity contribution is 14.1. The van der Waals surface area contributed by atoms with E-state index in [1.165, 1.54) is 11.3 Å². The second-order valence-electron chi connectivity index (χ2n) is 10.5. The number of allylic oxidation sites excluding steroid dienone is 1. The SMILES string of the molecule is CCOC(=O)C1=C(C)N=c2s/c(=C\c3cc(I)c(OCc4ccc(Cl)cc4)c(OC)c3)c(=O)n2[C@@H]1c1ccccc1OC(C)C. The van der Waals surface area contributed by atoms with Gasteiger partial charge in [0.15, 0.2) is 16.3 Å². The molecule has 2 heterocycles. The molecular weight excluding hydrogens is 727 g/mol. The molecule has 1 aliphatic heterocycles. The van der Waals surface area contributed by atoms with Crippen LogP contribution in [0.5, 0.6) is 17.2 Å². The van der Waals surface area contributed by atoms with Crippen molar-refractivity contribution in [3.05, 3.63) is 117 Å². The molecule has 0 amide bonds. The average Bonchev–Trinajstić information content (AvgIpc) is 3.30. The van der Waals surface area contributed by atoms with Crippen LogP contribution >= 0.6 is 45.5 Å². The third kappa shape index (κ3) is 7.13. The van der Waals surface area contributed by atoms with Crippen molar-refractivity contribution in [2.75, 3.05) is 13.7 Å². The van der Waals surface area contributed by atoms with Crippen molar-refractivity contribution in [2.45, 2.75) is 46.4 Å². The molecule has 5 rings (SSSR count). The lowest BCUT2D eigenvalue weighted by Crippen LogP contribution is -2.40. The van der Waals surface area contributed by atoms with E-state index in [4.69, 9.17) is 30.5 Å².